The van der Waals surface area contributed by atoms with Crippen molar-refractivity contribution in [2.75, 3.05) is 30.9 Å². The largest absolute Gasteiger partial charge is 0.506 e. The maximum absolute atomic E-state index is 13.3. The van der Waals surface area contributed by atoms with Crippen molar-refractivity contribution < 1.29 is 19.9 Å². The number of phenols is 1. The molecule has 3 aromatic rings. The number of halogens is 1. The lowest BCUT2D eigenvalue weighted by Crippen LogP contribution is -2.45. The van der Waals surface area contributed by atoms with Gasteiger partial charge in [-0.3, -0.25) is 20.3 Å². The molecule has 8 nitrogen and oxygen atoms in total. The van der Waals surface area contributed by atoms with Crippen LogP contribution < -0.4 is 16.1 Å². The second-order valence-electron chi connectivity index (χ2n) is 8.57. The third-order valence-corrected chi connectivity index (χ3v) is 7.27. The zero-order valence-electron chi connectivity index (χ0n) is 19.2. The molecule has 1 aliphatic rings. The van der Waals surface area contributed by atoms with E-state index in [9.17, 15) is 19.9 Å². The normalized spacial score (nSPS) is 14.5. The number of amides is 2. The van der Waals surface area contributed by atoms with E-state index in [1.54, 1.807) is 18.2 Å². The Hall–Kier alpha value is -3.11. The molecule has 2 heterocycles. The van der Waals surface area contributed by atoms with Gasteiger partial charge in [-0.15, -0.1) is 11.3 Å². The van der Waals surface area contributed by atoms with Crippen LogP contribution in [0.25, 0.3) is 0 Å². The Labute approximate surface area is 212 Å². The average molecular weight is 515 g/mol. The van der Waals surface area contributed by atoms with E-state index in [0.29, 0.717) is 20.5 Å². The molecule has 2 aromatic carbocycles. The van der Waals surface area contributed by atoms with Crippen molar-refractivity contribution in [3.63, 3.8) is 0 Å². The van der Waals surface area contributed by atoms with Crippen molar-refractivity contribution >= 4 is 46.1 Å². The smallest absolute Gasteiger partial charge is 0.262 e. The summed E-state index contributed by atoms with van der Waals surface area (Å²) in [4.78, 5) is 28.8. The molecule has 0 spiro atoms. The monoisotopic (exact) mass is 514 g/mol. The number of hydrogen-bond donors (Lipinski definition) is 5. The summed E-state index contributed by atoms with van der Waals surface area (Å²) in [6, 6.07) is 12.8. The van der Waals surface area contributed by atoms with Gasteiger partial charge in [-0.05, 0) is 73.0 Å². The van der Waals surface area contributed by atoms with E-state index in [4.69, 9.17) is 11.6 Å². The van der Waals surface area contributed by atoms with Crippen molar-refractivity contribution in [3.05, 3.63) is 74.4 Å². The number of aromatic hydroxyl groups is 1. The van der Waals surface area contributed by atoms with Gasteiger partial charge in [0.25, 0.3) is 5.91 Å². The maximum atomic E-state index is 13.3. The number of benzene rings is 2. The Bertz CT molecular complexity index is 1230. The highest BCUT2D eigenvalue weighted by atomic mass is 35.5. The number of thiophene rings is 1. The summed E-state index contributed by atoms with van der Waals surface area (Å²) in [5.41, 5.74) is 5.82. The lowest BCUT2D eigenvalue weighted by molar-refractivity contribution is -0.118. The second-order valence-corrected chi connectivity index (χ2v) is 10.3. The molecule has 0 aliphatic carbocycles. The van der Waals surface area contributed by atoms with Crippen LogP contribution in [-0.2, 0) is 24.1 Å². The van der Waals surface area contributed by atoms with Gasteiger partial charge in [0.2, 0.25) is 5.91 Å². The second kappa shape index (κ2) is 11.1. The van der Waals surface area contributed by atoms with Gasteiger partial charge in [-0.2, -0.15) is 0 Å². The molecular formula is C25H27ClN4O4S. The fourth-order valence-electron chi connectivity index (χ4n) is 4.05. The predicted octanol–water partition coefficient (Wildman–Crippen LogP) is 3.92. The number of phenolic OH excluding ortho intramolecular Hbond substituents is 1. The summed E-state index contributed by atoms with van der Waals surface area (Å²) in [5.74, 6) is -0.922. The van der Waals surface area contributed by atoms with E-state index >= 15 is 0 Å². The number of fused-ring (bicyclic) bond motifs is 1. The molecule has 2 amide bonds. The number of carbonyl (C=O) groups is 2. The molecule has 1 atom stereocenters. The summed E-state index contributed by atoms with van der Waals surface area (Å²) in [5, 5.41) is 24.8. The van der Waals surface area contributed by atoms with Gasteiger partial charge in [0, 0.05) is 25.2 Å². The molecule has 0 fully saturated rings. The molecule has 1 aromatic heterocycles. The standard InChI is InChI=1S/C25H27ClN4O4S/c1-30-10-8-16-3-4-18(14-17(16)9-11-30)27-24(32)20(28-25(33)22-6-7-23(26)35-22)13-15-2-5-21(31)19(12-15)29-34/h2-7,12,14,20,29,31,34H,8-11,13H2,1H3,(H,27,32)(H,28,33). The first-order valence-electron chi connectivity index (χ1n) is 11.2. The van der Waals surface area contributed by atoms with Crippen LogP contribution in [0.4, 0.5) is 11.4 Å². The molecule has 10 heteroatoms. The Kier molecular flexibility index (Phi) is 7.92. The SMILES string of the molecule is CN1CCc2ccc(NC(=O)C(Cc3ccc(O)c(NO)c3)NC(=O)c3ccc(Cl)s3)cc2CC1. The molecule has 0 radical (unpaired) electrons. The van der Waals surface area contributed by atoms with Gasteiger partial charge in [-0.1, -0.05) is 23.7 Å². The molecule has 4 rings (SSSR count). The van der Waals surface area contributed by atoms with Crippen LogP contribution in [-0.4, -0.2) is 53.2 Å². The van der Waals surface area contributed by atoms with Crippen LogP contribution >= 0.6 is 22.9 Å². The third-order valence-electron chi connectivity index (χ3n) is 6.04. The van der Waals surface area contributed by atoms with Gasteiger partial charge in [0.1, 0.15) is 17.5 Å². The first-order valence-corrected chi connectivity index (χ1v) is 12.4. The van der Waals surface area contributed by atoms with Crippen LogP contribution in [0.15, 0.2) is 48.5 Å². The highest BCUT2D eigenvalue weighted by molar-refractivity contribution is 7.18. The lowest BCUT2D eigenvalue weighted by atomic mass is 10.0. The van der Waals surface area contributed by atoms with E-state index in [-0.39, 0.29) is 23.8 Å². The molecule has 5 N–H and O–H groups in total. The van der Waals surface area contributed by atoms with Crippen molar-refractivity contribution in [1.29, 1.82) is 0 Å². The number of hydrogen-bond acceptors (Lipinski definition) is 7. The summed E-state index contributed by atoms with van der Waals surface area (Å²) in [6.45, 7) is 1.95. The molecule has 184 valence electrons. The maximum Gasteiger partial charge on any atom is 0.262 e. The number of likely N-dealkylation sites (N-methyl/N-ethyl adjacent to an activating group) is 1. The highest BCUT2D eigenvalue weighted by Gasteiger charge is 2.24. The lowest BCUT2D eigenvalue weighted by Gasteiger charge is -2.19. The fourth-order valence-corrected chi connectivity index (χ4v) is 5.00. The molecule has 1 unspecified atom stereocenters. The van der Waals surface area contributed by atoms with E-state index in [0.717, 1.165) is 37.3 Å². The molecular weight excluding hydrogens is 488 g/mol. The molecule has 1 aliphatic heterocycles. The Morgan fingerprint density at radius 1 is 1.09 bits per heavy atom. The van der Waals surface area contributed by atoms with Gasteiger partial charge in [0.05, 0.1) is 9.21 Å². The van der Waals surface area contributed by atoms with Crippen LogP contribution in [0, 0.1) is 0 Å². The number of anilines is 2. The molecule has 35 heavy (non-hydrogen) atoms. The Morgan fingerprint density at radius 2 is 1.86 bits per heavy atom. The van der Waals surface area contributed by atoms with E-state index in [1.807, 2.05) is 23.7 Å². The van der Waals surface area contributed by atoms with Crippen molar-refractivity contribution in [1.82, 2.24) is 10.2 Å². The van der Waals surface area contributed by atoms with Crippen molar-refractivity contribution in [2.24, 2.45) is 0 Å². The minimum absolute atomic E-state index is 0.105. The summed E-state index contributed by atoms with van der Waals surface area (Å²) in [7, 11) is 2.10. The minimum Gasteiger partial charge on any atom is -0.506 e. The number of carbonyl (C=O) groups excluding carboxylic acids is 2. The van der Waals surface area contributed by atoms with Gasteiger partial charge < -0.3 is 20.6 Å². The first-order chi connectivity index (χ1) is 16.8. The van der Waals surface area contributed by atoms with Gasteiger partial charge >= 0.3 is 0 Å². The van der Waals surface area contributed by atoms with Crippen LogP contribution in [0.5, 0.6) is 5.75 Å². The quantitative estimate of drug-likeness (QED) is 0.241. The molecule has 0 bridgehead atoms. The van der Waals surface area contributed by atoms with Gasteiger partial charge in [-0.25, -0.2) is 0 Å². The van der Waals surface area contributed by atoms with Crippen molar-refractivity contribution in [3.8, 4) is 5.75 Å². The highest BCUT2D eigenvalue weighted by Crippen LogP contribution is 2.25. The number of nitrogens with one attached hydrogen (secondary N) is 3. The topological polar surface area (TPSA) is 114 Å². The van der Waals surface area contributed by atoms with Crippen LogP contribution in [0.2, 0.25) is 4.34 Å². The summed E-state index contributed by atoms with van der Waals surface area (Å²) >= 11 is 7.10. The summed E-state index contributed by atoms with van der Waals surface area (Å²) in [6.07, 6.45) is 2.00. The summed E-state index contributed by atoms with van der Waals surface area (Å²) < 4.78 is 0.476. The van der Waals surface area contributed by atoms with Crippen molar-refractivity contribution in [2.45, 2.75) is 25.3 Å². The minimum atomic E-state index is -0.913. The van der Waals surface area contributed by atoms with Crippen LogP contribution in [0.3, 0.4) is 0 Å². The Balaban J connectivity index is 1.55. The van der Waals surface area contributed by atoms with Gasteiger partial charge in [0.15, 0.2) is 0 Å². The van der Waals surface area contributed by atoms with E-state index in [1.165, 1.54) is 23.3 Å². The van der Waals surface area contributed by atoms with E-state index < -0.39 is 11.9 Å². The first kappa shape index (κ1) is 25.0. The Morgan fingerprint density at radius 3 is 2.57 bits per heavy atom. The fraction of sp³-hybridized carbons (Fsp3) is 0.280. The number of nitrogens with zero attached hydrogens (tertiary/aromatic N) is 1. The van der Waals surface area contributed by atoms with E-state index in [2.05, 4.69) is 22.6 Å². The zero-order chi connectivity index (χ0) is 24.9. The predicted molar refractivity (Wildman–Crippen MR) is 138 cm³/mol. The molecule has 0 saturated carbocycles. The molecule has 0 saturated heterocycles. The third kappa shape index (κ3) is 6.32. The van der Waals surface area contributed by atoms with Crippen LogP contribution in [0.1, 0.15) is 26.4 Å². The average Bonchev–Trinajstić information content (AvgIpc) is 3.20. The number of rotatable bonds is 7. The zero-order valence-corrected chi connectivity index (χ0v) is 20.7.